The minimum absolute atomic E-state index is 0. The van der Waals surface area contributed by atoms with Gasteiger partial charge in [-0.15, -0.1) is 12.4 Å². The molecule has 2 nitrogen and oxygen atoms in total. The maximum Gasteiger partial charge on any atom is 0.128 e. The van der Waals surface area contributed by atoms with Gasteiger partial charge in [-0.1, -0.05) is 15.9 Å². The fourth-order valence-corrected chi connectivity index (χ4v) is 1.30. The fraction of sp³-hybridized carbons (Fsp3) is 0.250. The molecule has 13 heavy (non-hydrogen) atoms. The topological polar surface area (TPSA) is 52.0 Å². The van der Waals surface area contributed by atoms with Crippen LogP contribution in [0.4, 0.5) is 4.39 Å². The van der Waals surface area contributed by atoms with E-state index >= 15 is 0 Å². The van der Waals surface area contributed by atoms with Crippen molar-refractivity contribution < 1.29 is 4.39 Å². The third kappa shape index (κ3) is 3.23. The zero-order valence-electron chi connectivity index (χ0n) is 6.84. The van der Waals surface area contributed by atoms with Crippen LogP contribution < -0.4 is 11.5 Å². The molecule has 0 amide bonds. The summed E-state index contributed by atoms with van der Waals surface area (Å²) in [7, 11) is 0. The Kier molecular flexibility index (Phi) is 5.48. The molecule has 0 saturated carbocycles. The summed E-state index contributed by atoms with van der Waals surface area (Å²) in [5.74, 6) is -0.309. The van der Waals surface area contributed by atoms with E-state index in [2.05, 4.69) is 15.9 Å². The van der Waals surface area contributed by atoms with Crippen molar-refractivity contribution >= 4 is 28.3 Å². The molecule has 0 fully saturated rings. The van der Waals surface area contributed by atoms with Gasteiger partial charge in [0.1, 0.15) is 5.82 Å². The Morgan fingerprint density at radius 1 is 1.46 bits per heavy atom. The first-order valence-corrected chi connectivity index (χ1v) is 4.35. The van der Waals surface area contributed by atoms with E-state index in [4.69, 9.17) is 11.5 Å². The van der Waals surface area contributed by atoms with Crippen LogP contribution in [0, 0.1) is 5.82 Å². The molecule has 0 heterocycles. The fourth-order valence-electron chi connectivity index (χ4n) is 0.926. The molecule has 1 atom stereocenters. The second kappa shape index (κ2) is 5.54. The second-order valence-corrected chi connectivity index (χ2v) is 3.42. The van der Waals surface area contributed by atoms with Crippen LogP contribution >= 0.6 is 28.3 Å². The monoisotopic (exact) mass is 268 g/mol. The largest absolute Gasteiger partial charge is 0.329 e. The molecule has 4 N–H and O–H groups in total. The van der Waals surface area contributed by atoms with Crippen molar-refractivity contribution in [2.45, 2.75) is 6.04 Å². The lowest BCUT2D eigenvalue weighted by atomic mass is 10.1. The van der Waals surface area contributed by atoms with E-state index in [1.807, 2.05) is 0 Å². The van der Waals surface area contributed by atoms with Gasteiger partial charge in [0.15, 0.2) is 0 Å². The van der Waals surface area contributed by atoms with Crippen molar-refractivity contribution in [3.63, 3.8) is 0 Å². The Hall–Kier alpha value is -0.160. The molecule has 0 saturated heterocycles. The highest BCUT2D eigenvalue weighted by Crippen LogP contribution is 2.19. The van der Waals surface area contributed by atoms with E-state index in [-0.39, 0.29) is 24.8 Å². The third-order valence-corrected chi connectivity index (χ3v) is 2.10. The Bertz CT molecular complexity index is 283. The van der Waals surface area contributed by atoms with Gasteiger partial charge >= 0.3 is 0 Å². The number of halogens is 3. The van der Waals surface area contributed by atoms with Crippen LogP contribution in [0.25, 0.3) is 0 Å². The average Bonchev–Trinajstić information content (AvgIpc) is 2.08. The molecule has 0 aliphatic heterocycles. The number of benzene rings is 1. The molecule has 0 radical (unpaired) electrons. The van der Waals surface area contributed by atoms with E-state index in [1.165, 1.54) is 6.07 Å². The Balaban J connectivity index is 0.00000144. The maximum absolute atomic E-state index is 13.1. The predicted molar refractivity (Wildman–Crippen MR) is 57.3 cm³/mol. The van der Waals surface area contributed by atoms with Gasteiger partial charge in [-0.25, -0.2) is 4.39 Å². The highest BCUT2D eigenvalue weighted by Gasteiger charge is 2.09. The minimum atomic E-state index is -0.428. The third-order valence-electron chi connectivity index (χ3n) is 1.61. The molecule has 1 aromatic carbocycles. The minimum Gasteiger partial charge on any atom is -0.329 e. The molecular weight excluding hydrogens is 258 g/mol. The molecular formula is C8H11BrClFN2. The van der Waals surface area contributed by atoms with Crippen LogP contribution in [0.2, 0.25) is 0 Å². The van der Waals surface area contributed by atoms with Crippen molar-refractivity contribution in [1.82, 2.24) is 0 Å². The predicted octanol–water partition coefficient (Wildman–Crippen LogP) is 1.97. The first-order valence-electron chi connectivity index (χ1n) is 3.55. The van der Waals surface area contributed by atoms with Crippen LogP contribution in [0.15, 0.2) is 22.7 Å². The summed E-state index contributed by atoms with van der Waals surface area (Å²) in [6, 6.07) is 4.21. The van der Waals surface area contributed by atoms with Gasteiger partial charge in [0.2, 0.25) is 0 Å². The summed E-state index contributed by atoms with van der Waals surface area (Å²) in [5.41, 5.74) is 11.3. The highest BCUT2D eigenvalue weighted by atomic mass is 79.9. The van der Waals surface area contributed by atoms with Gasteiger partial charge in [-0.05, 0) is 18.2 Å². The molecule has 0 aliphatic carbocycles. The molecule has 74 valence electrons. The quantitative estimate of drug-likeness (QED) is 0.862. The molecule has 1 aromatic rings. The summed E-state index contributed by atoms with van der Waals surface area (Å²) in [6.45, 7) is 0.243. The van der Waals surface area contributed by atoms with Crippen LogP contribution in [0.5, 0.6) is 0 Å². The van der Waals surface area contributed by atoms with Gasteiger partial charge in [-0.3, -0.25) is 0 Å². The van der Waals surface area contributed by atoms with E-state index < -0.39 is 6.04 Å². The lowest BCUT2D eigenvalue weighted by Crippen LogP contribution is -2.21. The number of nitrogens with two attached hydrogens (primary N) is 2. The zero-order valence-corrected chi connectivity index (χ0v) is 9.24. The van der Waals surface area contributed by atoms with Crippen LogP contribution in [0.3, 0.4) is 0 Å². The number of hydrogen-bond donors (Lipinski definition) is 2. The molecule has 5 heteroatoms. The summed E-state index contributed by atoms with van der Waals surface area (Å²) in [5, 5.41) is 0. The Morgan fingerprint density at radius 3 is 2.62 bits per heavy atom. The summed E-state index contributed by atoms with van der Waals surface area (Å²) in [6.07, 6.45) is 0. The Labute approximate surface area is 91.0 Å². The van der Waals surface area contributed by atoms with Crippen molar-refractivity contribution in [2.75, 3.05) is 6.54 Å². The second-order valence-electron chi connectivity index (χ2n) is 2.51. The summed E-state index contributed by atoms with van der Waals surface area (Å²) < 4.78 is 13.9. The smallest absolute Gasteiger partial charge is 0.128 e. The van der Waals surface area contributed by atoms with E-state index in [0.29, 0.717) is 5.56 Å². The van der Waals surface area contributed by atoms with Gasteiger partial charge < -0.3 is 11.5 Å². The molecule has 0 bridgehead atoms. The molecule has 0 aliphatic rings. The van der Waals surface area contributed by atoms with E-state index in [1.54, 1.807) is 12.1 Å². The lowest BCUT2D eigenvalue weighted by Gasteiger charge is -2.10. The van der Waals surface area contributed by atoms with Crippen molar-refractivity contribution in [2.24, 2.45) is 11.5 Å². The van der Waals surface area contributed by atoms with Crippen molar-refractivity contribution in [3.05, 3.63) is 34.1 Å². The summed E-state index contributed by atoms with van der Waals surface area (Å²) >= 11 is 3.23. The van der Waals surface area contributed by atoms with Crippen molar-refractivity contribution in [3.8, 4) is 0 Å². The van der Waals surface area contributed by atoms with Crippen LogP contribution in [-0.2, 0) is 0 Å². The van der Waals surface area contributed by atoms with Gasteiger partial charge in [0, 0.05) is 22.6 Å². The maximum atomic E-state index is 13.1. The zero-order chi connectivity index (χ0) is 9.14. The van der Waals surface area contributed by atoms with Crippen LogP contribution in [-0.4, -0.2) is 6.54 Å². The number of hydrogen-bond acceptors (Lipinski definition) is 2. The highest BCUT2D eigenvalue weighted by molar-refractivity contribution is 9.10. The summed E-state index contributed by atoms with van der Waals surface area (Å²) in [4.78, 5) is 0. The van der Waals surface area contributed by atoms with E-state index in [9.17, 15) is 4.39 Å². The van der Waals surface area contributed by atoms with Gasteiger partial charge in [0.25, 0.3) is 0 Å². The van der Waals surface area contributed by atoms with E-state index in [0.717, 1.165) is 4.47 Å². The first kappa shape index (κ1) is 12.8. The lowest BCUT2D eigenvalue weighted by molar-refractivity contribution is 0.583. The normalized spacial score (nSPS) is 12.0. The Morgan fingerprint density at radius 2 is 2.08 bits per heavy atom. The standard InChI is InChI=1S/C8H10BrFN2.ClH/c9-5-1-2-7(10)6(3-5)8(12)4-11;/h1-3,8H,4,11-12H2;1H. The SMILES string of the molecule is Cl.NCC(N)c1cc(Br)ccc1F. The molecule has 1 rings (SSSR count). The van der Waals surface area contributed by atoms with Gasteiger partial charge in [-0.2, -0.15) is 0 Å². The van der Waals surface area contributed by atoms with Crippen LogP contribution in [0.1, 0.15) is 11.6 Å². The molecule has 1 unspecified atom stereocenters. The van der Waals surface area contributed by atoms with Crippen molar-refractivity contribution in [1.29, 1.82) is 0 Å². The molecule has 0 spiro atoms. The van der Waals surface area contributed by atoms with Gasteiger partial charge in [0.05, 0.1) is 0 Å². The number of rotatable bonds is 2. The molecule has 0 aromatic heterocycles. The average molecular weight is 270 g/mol. The first-order chi connectivity index (χ1) is 5.65.